The Bertz CT molecular complexity index is 3780. The molecule has 67 heavy (non-hydrogen) atoms. The van der Waals surface area contributed by atoms with Gasteiger partial charge in [0.15, 0.2) is 19.6 Å². The van der Waals surface area contributed by atoms with E-state index in [2.05, 4.69) is 251 Å². The van der Waals surface area contributed by atoms with Gasteiger partial charge in [-0.3, -0.25) is 0 Å². The number of ether oxygens (including phenoxy) is 1. The second kappa shape index (κ2) is 15.4. The van der Waals surface area contributed by atoms with Gasteiger partial charge in [-0.25, -0.2) is 0 Å². The first-order valence-corrected chi connectivity index (χ1v) is 24.6. The normalized spacial score (nSPS) is 12.3. The summed E-state index contributed by atoms with van der Waals surface area (Å²) >= 11 is 0. The minimum Gasteiger partial charge on any atom is -0.453 e. The fourth-order valence-electron chi connectivity index (χ4n) is 10.8. The number of hydrogen-bond acceptors (Lipinski definition) is 3. The highest BCUT2D eigenvalue weighted by Crippen LogP contribution is 2.52. The summed E-state index contributed by atoms with van der Waals surface area (Å²) in [5.74, 6) is 1.50. The van der Waals surface area contributed by atoms with E-state index in [9.17, 15) is 5.26 Å². The molecule has 5 nitrogen and oxygen atoms in total. The molecule has 0 N–H and O–H groups in total. The molecule has 0 spiro atoms. The molecular formula is C61H40N4OSi. The molecule has 0 amide bonds. The van der Waals surface area contributed by atoms with Crippen molar-refractivity contribution < 1.29 is 4.74 Å². The Morgan fingerprint density at radius 2 is 0.776 bits per heavy atom. The van der Waals surface area contributed by atoms with Gasteiger partial charge in [0.25, 0.3) is 0 Å². The molecule has 3 heterocycles. The van der Waals surface area contributed by atoms with Crippen molar-refractivity contribution in [2.75, 3.05) is 4.90 Å². The van der Waals surface area contributed by atoms with Crippen molar-refractivity contribution in [3.63, 3.8) is 0 Å². The fourth-order valence-corrected chi connectivity index (χ4v) is 15.6. The molecule has 0 fully saturated rings. The Morgan fingerprint density at radius 3 is 1.27 bits per heavy atom. The summed E-state index contributed by atoms with van der Waals surface area (Å²) in [6.45, 7) is 0. The van der Waals surface area contributed by atoms with Gasteiger partial charge in [-0.05, 0) is 93.5 Å². The van der Waals surface area contributed by atoms with Gasteiger partial charge < -0.3 is 18.8 Å². The first-order chi connectivity index (χ1) is 33.2. The van der Waals surface area contributed by atoms with E-state index in [-0.39, 0.29) is 0 Å². The van der Waals surface area contributed by atoms with Crippen molar-refractivity contribution in [3.8, 4) is 28.9 Å². The molecule has 0 saturated carbocycles. The van der Waals surface area contributed by atoms with Crippen LogP contribution in [0.3, 0.4) is 0 Å². The lowest BCUT2D eigenvalue weighted by Crippen LogP contribution is -2.74. The van der Waals surface area contributed by atoms with E-state index in [0.717, 1.165) is 72.8 Å². The quantitative estimate of drug-likeness (QED) is 0.118. The summed E-state index contributed by atoms with van der Waals surface area (Å²) in [4.78, 5) is 2.38. The molecule has 10 aromatic carbocycles. The lowest BCUT2D eigenvalue weighted by atomic mass is 10.1. The fraction of sp³-hybridized carbons (Fsp3) is 0. The number of fused-ring (bicyclic) bond motifs is 8. The minimum atomic E-state index is -2.86. The second-order valence-corrected chi connectivity index (χ2v) is 21.0. The van der Waals surface area contributed by atoms with E-state index in [1.807, 2.05) is 12.1 Å². The van der Waals surface area contributed by atoms with Crippen LogP contribution in [0.4, 0.5) is 17.1 Å². The van der Waals surface area contributed by atoms with E-state index < -0.39 is 8.07 Å². The molecule has 314 valence electrons. The van der Waals surface area contributed by atoms with Crippen molar-refractivity contribution >= 4 is 89.5 Å². The maximum Gasteiger partial charge on any atom is 0.179 e. The van der Waals surface area contributed by atoms with Crippen LogP contribution in [0.1, 0.15) is 5.56 Å². The molecule has 0 bridgehead atoms. The molecule has 0 atom stereocenters. The van der Waals surface area contributed by atoms with Crippen molar-refractivity contribution in [2.24, 2.45) is 0 Å². The number of aromatic nitrogens is 2. The third kappa shape index (κ3) is 5.92. The Labute approximate surface area is 388 Å². The number of para-hydroxylation sites is 3. The van der Waals surface area contributed by atoms with Gasteiger partial charge in [-0.1, -0.05) is 158 Å². The van der Waals surface area contributed by atoms with Crippen LogP contribution in [0.25, 0.3) is 55.0 Å². The van der Waals surface area contributed by atoms with Crippen LogP contribution in [0.2, 0.25) is 0 Å². The topological polar surface area (TPSA) is 46.1 Å². The lowest BCUT2D eigenvalue weighted by Gasteiger charge is -2.37. The number of hydrogen-bond donors (Lipinski definition) is 0. The van der Waals surface area contributed by atoms with Gasteiger partial charge in [0.1, 0.15) is 0 Å². The van der Waals surface area contributed by atoms with E-state index in [1.165, 1.54) is 31.5 Å². The van der Waals surface area contributed by atoms with E-state index in [4.69, 9.17) is 4.74 Å². The largest absolute Gasteiger partial charge is 0.453 e. The Kier molecular flexibility index (Phi) is 8.85. The zero-order valence-electron chi connectivity index (χ0n) is 36.3. The molecular weight excluding hydrogens is 833 g/mol. The van der Waals surface area contributed by atoms with Gasteiger partial charge in [0, 0.05) is 39.4 Å². The second-order valence-electron chi connectivity index (χ2n) is 17.2. The summed E-state index contributed by atoms with van der Waals surface area (Å²) in [7, 11) is -2.86. The first kappa shape index (κ1) is 38.6. The summed E-state index contributed by atoms with van der Waals surface area (Å²) < 4.78 is 11.8. The molecule has 13 rings (SSSR count). The van der Waals surface area contributed by atoms with Crippen LogP contribution in [0.15, 0.2) is 243 Å². The van der Waals surface area contributed by atoms with Gasteiger partial charge >= 0.3 is 0 Å². The van der Waals surface area contributed by atoms with Crippen LogP contribution in [-0.2, 0) is 0 Å². The van der Waals surface area contributed by atoms with Crippen molar-refractivity contribution in [1.82, 2.24) is 9.13 Å². The zero-order valence-corrected chi connectivity index (χ0v) is 37.3. The highest BCUT2D eigenvalue weighted by Gasteiger charge is 2.42. The summed E-state index contributed by atoms with van der Waals surface area (Å²) in [6, 6.07) is 89.6. The van der Waals surface area contributed by atoms with Gasteiger partial charge in [0.2, 0.25) is 0 Å². The zero-order chi connectivity index (χ0) is 44.5. The molecule has 6 heteroatoms. The van der Waals surface area contributed by atoms with Crippen molar-refractivity contribution in [3.05, 3.63) is 248 Å². The van der Waals surface area contributed by atoms with Gasteiger partial charge in [-0.15, -0.1) is 0 Å². The smallest absolute Gasteiger partial charge is 0.179 e. The number of nitrogens with zero attached hydrogens (tertiary/aromatic N) is 4. The third-order valence-corrected chi connectivity index (χ3v) is 18.4. The van der Waals surface area contributed by atoms with Gasteiger partial charge in [-0.2, -0.15) is 5.26 Å². The molecule has 0 aliphatic carbocycles. The number of nitriles is 1. The number of rotatable bonds is 7. The van der Waals surface area contributed by atoms with Crippen LogP contribution >= 0.6 is 0 Å². The van der Waals surface area contributed by atoms with E-state index >= 15 is 0 Å². The van der Waals surface area contributed by atoms with Crippen LogP contribution in [-0.4, -0.2) is 17.2 Å². The lowest BCUT2D eigenvalue weighted by molar-refractivity contribution is 0.476. The average Bonchev–Trinajstić information content (AvgIpc) is 3.91. The highest BCUT2D eigenvalue weighted by atomic mass is 28.3. The first-order valence-electron chi connectivity index (χ1n) is 22.6. The molecule has 0 saturated heterocycles. The molecule has 0 unspecified atom stereocenters. The predicted molar refractivity (Wildman–Crippen MR) is 278 cm³/mol. The molecule has 1 aliphatic heterocycles. The van der Waals surface area contributed by atoms with Crippen molar-refractivity contribution in [2.45, 2.75) is 0 Å². The van der Waals surface area contributed by atoms with Crippen LogP contribution in [0.5, 0.6) is 11.5 Å². The Morgan fingerprint density at radius 1 is 0.343 bits per heavy atom. The summed E-state index contributed by atoms with van der Waals surface area (Å²) in [6.07, 6.45) is 0. The van der Waals surface area contributed by atoms with Crippen molar-refractivity contribution in [1.29, 1.82) is 5.26 Å². The third-order valence-electron chi connectivity index (χ3n) is 13.6. The summed E-state index contributed by atoms with van der Waals surface area (Å²) in [5, 5.41) is 19.7. The Hall–Kier alpha value is -8.89. The van der Waals surface area contributed by atoms with E-state index in [1.54, 1.807) is 0 Å². The number of benzene rings is 10. The monoisotopic (exact) mass is 872 g/mol. The van der Waals surface area contributed by atoms with Gasteiger partial charge in [0.05, 0.1) is 56.4 Å². The molecule has 0 radical (unpaired) electrons. The number of anilines is 3. The highest BCUT2D eigenvalue weighted by molar-refractivity contribution is 7.19. The van der Waals surface area contributed by atoms with Crippen LogP contribution < -0.4 is 30.4 Å². The van der Waals surface area contributed by atoms with E-state index in [0.29, 0.717) is 5.56 Å². The average molecular weight is 873 g/mol. The maximum absolute atomic E-state index is 9.87. The Balaban J connectivity index is 1.05. The predicted octanol–water partition coefficient (Wildman–Crippen LogP) is 12.7. The molecule has 1 aliphatic rings. The van der Waals surface area contributed by atoms with Crippen LogP contribution in [0, 0.1) is 11.3 Å². The molecule has 2 aromatic heterocycles. The SMILES string of the molecule is N#Cc1ccc2c(c1)c1ccccc1n2-c1ccc2c(c1)Oc1cc(-n3c4ccccc4c4ccccc43)ccc1N2c1cccc([Si](c2ccccc2)(c2ccccc2)c2ccccc2)c1. The standard InChI is InChI=1S/C61H40N4OSi/c62-41-42-31-34-57-53(37-42)52-27-12-15-30-56(52)64(57)45-33-36-59-61(40-45)66-60-39-44(63-54-28-13-10-25-50(54)51-26-11-14-29-55(51)63)32-35-58(60)65(59)43-17-16-24-49(38-43)67(46-18-4-1-5-19-46,47-20-6-2-7-21-47)48-22-8-3-9-23-48/h1-40H. The minimum absolute atomic E-state index is 0.636. The summed E-state index contributed by atoms with van der Waals surface area (Å²) in [5.41, 5.74) is 9.93. The molecule has 12 aromatic rings. The maximum atomic E-state index is 9.87.